The molecular formula is C18H12F2O2. The van der Waals surface area contributed by atoms with E-state index in [2.05, 4.69) is 0 Å². The molecule has 0 saturated heterocycles. The number of halogens is 2. The Hall–Kier alpha value is -2.88. The van der Waals surface area contributed by atoms with Crippen molar-refractivity contribution in [3.8, 4) is 23.0 Å². The molecule has 0 unspecified atom stereocenters. The zero-order chi connectivity index (χ0) is 15.4. The first-order valence-electron chi connectivity index (χ1n) is 6.66. The second-order valence-electron chi connectivity index (χ2n) is 4.56. The third kappa shape index (κ3) is 3.41. The predicted octanol–water partition coefficient (Wildman–Crippen LogP) is 5.55. The van der Waals surface area contributed by atoms with E-state index in [1.807, 2.05) is 0 Å². The van der Waals surface area contributed by atoms with Crippen molar-refractivity contribution in [3.05, 3.63) is 84.4 Å². The van der Waals surface area contributed by atoms with E-state index in [-0.39, 0.29) is 11.6 Å². The number of benzene rings is 3. The molecule has 3 aromatic rings. The Morgan fingerprint density at radius 3 is 1.23 bits per heavy atom. The Kier molecular flexibility index (Phi) is 4.01. The van der Waals surface area contributed by atoms with Gasteiger partial charge in [0.15, 0.2) is 11.5 Å². The molecule has 22 heavy (non-hydrogen) atoms. The highest BCUT2D eigenvalue weighted by molar-refractivity contribution is 5.45. The summed E-state index contributed by atoms with van der Waals surface area (Å²) in [7, 11) is 0. The average molecular weight is 298 g/mol. The van der Waals surface area contributed by atoms with Crippen molar-refractivity contribution in [1.29, 1.82) is 0 Å². The quantitative estimate of drug-likeness (QED) is 0.628. The van der Waals surface area contributed by atoms with E-state index >= 15 is 0 Å². The molecule has 0 fully saturated rings. The molecule has 3 aromatic carbocycles. The van der Waals surface area contributed by atoms with Crippen LogP contribution in [0.5, 0.6) is 23.0 Å². The summed E-state index contributed by atoms with van der Waals surface area (Å²) < 4.78 is 37.2. The number of para-hydroxylation sites is 2. The molecule has 0 amide bonds. The number of hydrogen-bond acceptors (Lipinski definition) is 2. The smallest absolute Gasteiger partial charge is 0.169 e. The molecule has 2 nitrogen and oxygen atoms in total. The van der Waals surface area contributed by atoms with Crippen molar-refractivity contribution in [2.75, 3.05) is 0 Å². The first-order valence-corrected chi connectivity index (χ1v) is 6.66. The minimum Gasteiger partial charge on any atom is -0.453 e. The van der Waals surface area contributed by atoms with Crippen LogP contribution in [0.1, 0.15) is 0 Å². The molecule has 4 heteroatoms. The summed E-state index contributed by atoms with van der Waals surface area (Å²) in [6.45, 7) is 0. The largest absolute Gasteiger partial charge is 0.453 e. The standard InChI is InChI=1S/C18H12F2O2/c19-13-5-9-15(10-6-13)21-17-3-1-2-4-18(17)22-16-11-7-14(20)8-12-16/h1-12H. The summed E-state index contributed by atoms with van der Waals surface area (Å²) in [5, 5.41) is 0. The van der Waals surface area contributed by atoms with Gasteiger partial charge in [-0.05, 0) is 60.7 Å². The summed E-state index contributed by atoms with van der Waals surface area (Å²) in [6.07, 6.45) is 0. The first-order chi connectivity index (χ1) is 10.7. The van der Waals surface area contributed by atoms with Crippen LogP contribution in [0.4, 0.5) is 8.78 Å². The molecule has 0 heterocycles. The van der Waals surface area contributed by atoms with E-state index in [4.69, 9.17) is 9.47 Å². The normalized spacial score (nSPS) is 10.3. The van der Waals surface area contributed by atoms with Crippen molar-refractivity contribution < 1.29 is 18.3 Å². The maximum Gasteiger partial charge on any atom is 0.169 e. The van der Waals surface area contributed by atoms with E-state index < -0.39 is 0 Å². The lowest BCUT2D eigenvalue weighted by atomic mass is 10.3. The maximum atomic E-state index is 12.9. The molecule has 3 rings (SSSR count). The number of hydrogen-bond donors (Lipinski definition) is 0. The van der Waals surface area contributed by atoms with Crippen LogP contribution < -0.4 is 9.47 Å². The number of ether oxygens (including phenoxy) is 2. The van der Waals surface area contributed by atoms with E-state index in [1.165, 1.54) is 48.5 Å². The molecule has 0 aliphatic carbocycles. The van der Waals surface area contributed by atoms with Gasteiger partial charge in [-0.15, -0.1) is 0 Å². The second kappa shape index (κ2) is 6.26. The lowest BCUT2D eigenvalue weighted by Crippen LogP contribution is -1.90. The summed E-state index contributed by atoms with van der Waals surface area (Å²) >= 11 is 0. The van der Waals surface area contributed by atoms with Gasteiger partial charge >= 0.3 is 0 Å². The molecule has 0 spiro atoms. The molecule has 0 radical (unpaired) electrons. The first kappa shape index (κ1) is 14.1. The molecule has 0 aliphatic heterocycles. The van der Waals surface area contributed by atoms with Gasteiger partial charge in [0.25, 0.3) is 0 Å². The third-order valence-corrected chi connectivity index (χ3v) is 2.93. The lowest BCUT2D eigenvalue weighted by molar-refractivity contribution is 0.417. The molecule has 0 aromatic heterocycles. The van der Waals surface area contributed by atoms with Gasteiger partial charge in [-0.1, -0.05) is 12.1 Å². The Morgan fingerprint density at radius 1 is 0.500 bits per heavy atom. The molecule has 0 bridgehead atoms. The van der Waals surface area contributed by atoms with E-state index in [0.29, 0.717) is 23.0 Å². The van der Waals surface area contributed by atoms with Crippen LogP contribution >= 0.6 is 0 Å². The summed E-state index contributed by atoms with van der Waals surface area (Å²) in [5.74, 6) is 1.30. The molecular weight excluding hydrogens is 286 g/mol. The lowest BCUT2D eigenvalue weighted by Gasteiger charge is -2.12. The fourth-order valence-electron chi connectivity index (χ4n) is 1.88. The van der Waals surface area contributed by atoms with Crippen LogP contribution in [-0.4, -0.2) is 0 Å². The van der Waals surface area contributed by atoms with Crippen molar-refractivity contribution in [2.24, 2.45) is 0 Å². The predicted molar refractivity (Wildman–Crippen MR) is 79.4 cm³/mol. The Balaban J connectivity index is 1.83. The van der Waals surface area contributed by atoms with Crippen LogP contribution in [0.2, 0.25) is 0 Å². The third-order valence-electron chi connectivity index (χ3n) is 2.93. The second-order valence-corrected chi connectivity index (χ2v) is 4.56. The average Bonchev–Trinajstić information content (AvgIpc) is 2.54. The van der Waals surface area contributed by atoms with Crippen LogP contribution in [0.25, 0.3) is 0 Å². The number of rotatable bonds is 4. The van der Waals surface area contributed by atoms with Gasteiger partial charge in [-0.3, -0.25) is 0 Å². The molecule has 0 N–H and O–H groups in total. The van der Waals surface area contributed by atoms with Crippen LogP contribution in [0, 0.1) is 11.6 Å². The van der Waals surface area contributed by atoms with E-state index in [9.17, 15) is 8.78 Å². The van der Waals surface area contributed by atoms with Gasteiger partial charge < -0.3 is 9.47 Å². The molecule has 0 atom stereocenters. The summed E-state index contributed by atoms with van der Waals surface area (Å²) in [6, 6.07) is 18.5. The zero-order valence-electron chi connectivity index (χ0n) is 11.5. The molecule has 0 saturated carbocycles. The highest BCUT2D eigenvalue weighted by Crippen LogP contribution is 2.34. The zero-order valence-corrected chi connectivity index (χ0v) is 11.5. The van der Waals surface area contributed by atoms with Crippen LogP contribution in [0.15, 0.2) is 72.8 Å². The SMILES string of the molecule is Fc1ccc(Oc2ccccc2Oc2ccc(F)cc2)cc1. The monoisotopic (exact) mass is 298 g/mol. The summed E-state index contributed by atoms with van der Waals surface area (Å²) in [5.41, 5.74) is 0. The van der Waals surface area contributed by atoms with Gasteiger partial charge in [-0.2, -0.15) is 0 Å². The highest BCUT2D eigenvalue weighted by atomic mass is 19.1. The van der Waals surface area contributed by atoms with Gasteiger partial charge in [0, 0.05) is 0 Å². The van der Waals surface area contributed by atoms with Gasteiger partial charge in [0.05, 0.1) is 0 Å². The molecule has 0 aliphatic rings. The van der Waals surface area contributed by atoms with Crippen LogP contribution in [-0.2, 0) is 0 Å². The maximum absolute atomic E-state index is 12.9. The van der Waals surface area contributed by atoms with Gasteiger partial charge in [-0.25, -0.2) is 8.78 Å². The minimum absolute atomic E-state index is 0.330. The van der Waals surface area contributed by atoms with Crippen LogP contribution in [0.3, 0.4) is 0 Å². The van der Waals surface area contributed by atoms with E-state index in [1.54, 1.807) is 24.3 Å². The Labute approximate surface area is 126 Å². The molecule has 110 valence electrons. The topological polar surface area (TPSA) is 18.5 Å². The van der Waals surface area contributed by atoms with Gasteiger partial charge in [0.2, 0.25) is 0 Å². The minimum atomic E-state index is -0.330. The van der Waals surface area contributed by atoms with Crippen molar-refractivity contribution in [1.82, 2.24) is 0 Å². The van der Waals surface area contributed by atoms with Crippen molar-refractivity contribution in [2.45, 2.75) is 0 Å². The highest BCUT2D eigenvalue weighted by Gasteiger charge is 2.07. The summed E-state index contributed by atoms with van der Waals surface area (Å²) in [4.78, 5) is 0. The fraction of sp³-hybridized carbons (Fsp3) is 0. The fourth-order valence-corrected chi connectivity index (χ4v) is 1.88. The van der Waals surface area contributed by atoms with Crippen molar-refractivity contribution in [3.63, 3.8) is 0 Å². The van der Waals surface area contributed by atoms with Gasteiger partial charge in [0.1, 0.15) is 23.1 Å². The van der Waals surface area contributed by atoms with Crippen molar-refractivity contribution >= 4 is 0 Å². The van der Waals surface area contributed by atoms with E-state index in [0.717, 1.165) is 0 Å². The Bertz CT molecular complexity index is 686. The Morgan fingerprint density at radius 2 is 0.864 bits per heavy atom.